The maximum Gasteiger partial charge on any atom is 0.0595 e. The first kappa shape index (κ1) is 17.2. The first-order valence-corrected chi connectivity index (χ1v) is 9.21. The number of hydrogen-bond acceptors (Lipinski definition) is 3. The van der Waals surface area contributed by atoms with Crippen molar-refractivity contribution >= 4 is 0 Å². The van der Waals surface area contributed by atoms with Crippen LogP contribution in [0.3, 0.4) is 0 Å². The molecule has 2 rings (SSSR count). The molecule has 124 valence electrons. The molecule has 2 aliphatic carbocycles. The summed E-state index contributed by atoms with van der Waals surface area (Å²) in [6.45, 7) is 0. The second-order valence-corrected chi connectivity index (χ2v) is 7.39. The van der Waals surface area contributed by atoms with E-state index in [1.54, 1.807) is 0 Å². The molecule has 0 spiro atoms. The van der Waals surface area contributed by atoms with Gasteiger partial charge in [0.2, 0.25) is 0 Å². The van der Waals surface area contributed by atoms with Crippen molar-refractivity contribution in [3.63, 3.8) is 0 Å². The van der Waals surface area contributed by atoms with Crippen LogP contribution in [-0.4, -0.2) is 33.6 Å². The lowest BCUT2D eigenvalue weighted by atomic mass is 9.77. The molecule has 4 atom stereocenters. The van der Waals surface area contributed by atoms with Crippen molar-refractivity contribution in [2.24, 2.45) is 11.8 Å². The lowest BCUT2D eigenvalue weighted by molar-refractivity contribution is 0.0154. The Hall–Kier alpha value is -0.120. The Morgan fingerprint density at radius 1 is 0.524 bits per heavy atom. The van der Waals surface area contributed by atoms with Gasteiger partial charge in [-0.1, -0.05) is 51.4 Å². The van der Waals surface area contributed by atoms with Gasteiger partial charge >= 0.3 is 0 Å². The molecule has 0 aromatic carbocycles. The van der Waals surface area contributed by atoms with Crippen LogP contribution in [-0.2, 0) is 0 Å². The van der Waals surface area contributed by atoms with Crippen molar-refractivity contribution < 1.29 is 15.3 Å². The Labute approximate surface area is 129 Å². The third kappa shape index (κ3) is 5.88. The van der Waals surface area contributed by atoms with Gasteiger partial charge in [-0.2, -0.15) is 0 Å². The van der Waals surface area contributed by atoms with Crippen molar-refractivity contribution in [2.75, 3.05) is 0 Å². The van der Waals surface area contributed by atoms with Crippen LogP contribution in [0, 0.1) is 11.8 Å². The summed E-state index contributed by atoms with van der Waals surface area (Å²) in [5.74, 6) is 0.848. The number of aliphatic hydroxyl groups is 3. The minimum atomic E-state index is -0.452. The fourth-order valence-corrected chi connectivity index (χ4v) is 4.32. The standard InChI is InChI=1S/C18H34O3/c19-15-9-10-16(20)13-18(21)17(12-11-15)14-7-5-3-1-2-4-6-8-14/h14-21H,1-13H2. The molecule has 0 aromatic rings. The second-order valence-electron chi connectivity index (χ2n) is 7.39. The third-order valence-corrected chi connectivity index (χ3v) is 5.68. The Bertz CT molecular complexity index is 272. The topological polar surface area (TPSA) is 60.7 Å². The fourth-order valence-electron chi connectivity index (χ4n) is 4.32. The highest BCUT2D eigenvalue weighted by atomic mass is 16.3. The van der Waals surface area contributed by atoms with E-state index in [2.05, 4.69) is 0 Å². The molecular weight excluding hydrogens is 264 g/mol. The van der Waals surface area contributed by atoms with Crippen molar-refractivity contribution in [1.82, 2.24) is 0 Å². The normalized spacial score (nSPS) is 38.4. The molecule has 0 saturated heterocycles. The first-order chi connectivity index (χ1) is 10.2. The van der Waals surface area contributed by atoms with E-state index in [0.29, 0.717) is 25.2 Å². The lowest BCUT2D eigenvalue weighted by Gasteiger charge is -2.32. The van der Waals surface area contributed by atoms with Crippen LogP contribution in [0.15, 0.2) is 0 Å². The zero-order valence-electron chi connectivity index (χ0n) is 13.4. The maximum atomic E-state index is 10.6. The first-order valence-electron chi connectivity index (χ1n) is 9.21. The average molecular weight is 298 g/mol. The van der Waals surface area contributed by atoms with Gasteiger partial charge in [-0.25, -0.2) is 0 Å². The van der Waals surface area contributed by atoms with Crippen molar-refractivity contribution in [1.29, 1.82) is 0 Å². The number of rotatable bonds is 1. The highest BCUT2D eigenvalue weighted by molar-refractivity contribution is 4.82. The maximum absolute atomic E-state index is 10.6. The van der Waals surface area contributed by atoms with Crippen LogP contribution in [0.1, 0.15) is 83.5 Å². The molecular formula is C18H34O3. The Kier molecular flexibility index (Phi) is 7.48. The van der Waals surface area contributed by atoms with E-state index in [0.717, 1.165) is 12.8 Å². The predicted molar refractivity (Wildman–Crippen MR) is 85.0 cm³/mol. The monoisotopic (exact) mass is 298 g/mol. The zero-order chi connectivity index (χ0) is 15.1. The van der Waals surface area contributed by atoms with E-state index in [1.165, 1.54) is 51.4 Å². The molecule has 2 saturated carbocycles. The van der Waals surface area contributed by atoms with Crippen LogP contribution < -0.4 is 0 Å². The van der Waals surface area contributed by atoms with Gasteiger partial charge in [0.1, 0.15) is 0 Å². The van der Waals surface area contributed by atoms with Crippen molar-refractivity contribution in [3.8, 4) is 0 Å². The predicted octanol–water partition coefficient (Wildman–Crippen LogP) is 3.40. The summed E-state index contributed by atoms with van der Waals surface area (Å²) in [7, 11) is 0. The van der Waals surface area contributed by atoms with Crippen LogP contribution in [0.25, 0.3) is 0 Å². The van der Waals surface area contributed by atoms with Gasteiger partial charge in [-0.3, -0.25) is 0 Å². The van der Waals surface area contributed by atoms with Gasteiger partial charge in [-0.05, 0) is 43.9 Å². The van der Waals surface area contributed by atoms with Gasteiger partial charge in [0.05, 0.1) is 18.3 Å². The SMILES string of the molecule is OC1CCC(O)CC(O)C(C2CCCCCCCC2)CC1. The summed E-state index contributed by atoms with van der Waals surface area (Å²) in [4.78, 5) is 0. The molecule has 2 aliphatic rings. The molecule has 0 heterocycles. The Morgan fingerprint density at radius 2 is 1.05 bits per heavy atom. The molecule has 3 nitrogen and oxygen atoms in total. The quantitative estimate of drug-likeness (QED) is 0.695. The molecule has 0 radical (unpaired) electrons. The third-order valence-electron chi connectivity index (χ3n) is 5.68. The van der Waals surface area contributed by atoms with E-state index in [-0.39, 0.29) is 12.0 Å². The highest BCUT2D eigenvalue weighted by Crippen LogP contribution is 2.35. The van der Waals surface area contributed by atoms with Gasteiger partial charge in [0.15, 0.2) is 0 Å². The van der Waals surface area contributed by atoms with Gasteiger partial charge in [-0.15, -0.1) is 0 Å². The Balaban J connectivity index is 2.00. The lowest BCUT2D eigenvalue weighted by Crippen LogP contribution is -2.31. The smallest absolute Gasteiger partial charge is 0.0595 e. The molecule has 0 bridgehead atoms. The molecule has 2 fully saturated rings. The molecule has 3 heteroatoms. The van der Waals surface area contributed by atoms with Crippen molar-refractivity contribution in [3.05, 3.63) is 0 Å². The van der Waals surface area contributed by atoms with E-state index < -0.39 is 12.2 Å². The van der Waals surface area contributed by atoms with E-state index >= 15 is 0 Å². The largest absolute Gasteiger partial charge is 0.393 e. The zero-order valence-corrected chi connectivity index (χ0v) is 13.4. The Morgan fingerprint density at radius 3 is 1.71 bits per heavy atom. The van der Waals surface area contributed by atoms with Gasteiger partial charge < -0.3 is 15.3 Å². The summed E-state index contributed by atoms with van der Waals surface area (Å²) >= 11 is 0. The van der Waals surface area contributed by atoms with Crippen LogP contribution in [0.2, 0.25) is 0 Å². The molecule has 0 aliphatic heterocycles. The summed E-state index contributed by atoms with van der Waals surface area (Å²) in [5, 5.41) is 30.6. The molecule has 3 N–H and O–H groups in total. The fraction of sp³-hybridized carbons (Fsp3) is 1.00. The molecule has 0 aromatic heterocycles. The van der Waals surface area contributed by atoms with Gasteiger partial charge in [0.25, 0.3) is 0 Å². The van der Waals surface area contributed by atoms with E-state index in [4.69, 9.17) is 0 Å². The minimum absolute atomic E-state index is 0.269. The summed E-state index contributed by atoms with van der Waals surface area (Å²) in [5.41, 5.74) is 0. The summed E-state index contributed by atoms with van der Waals surface area (Å²) in [6, 6.07) is 0. The van der Waals surface area contributed by atoms with Crippen molar-refractivity contribution in [2.45, 2.75) is 102 Å². The minimum Gasteiger partial charge on any atom is -0.393 e. The van der Waals surface area contributed by atoms with Crippen LogP contribution in [0.4, 0.5) is 0 Å². The second kappa shape index (κ2) is 9.12. The number of aliphatic hydroxyl groups excluding tert-OH is 3. The molecule has 0 amide bonds. The molecule has 4 unspecified atom stereocenters. The average Bonchev–Trinajstić information content (AvgIpc) is 2.62. The molecule has 21 heavy (non-hydrogen) atoms. The van der Waals surface area contributed by atoms with E-state index in [1.807, 2.05) is 0 Å². The van der Waals surface area contributed by atoms with Crippen LogP contribution in [0.5, 0.6) is 0 Å². The van der Waals surface area contributed by atoms with E-state index in [9.17, 15) is 15.3 Å². The summed E-state index contributed by atoms with van der Waals surface area (Å²) in [6.07, 6.45) is 12.7. The highest BCUT2D eigenvalue weighted by Gasteiger charge is 2.31. The van der Waals surface area contributed by atoms with Gasteiger partial charge in [0, 0.05) is 0 Å². The summed E-state index contributed by atoms with van der Waals surface area (Å²) < 4.78 is 0. The number of hydrogen-bond donors (Lipinski definition) is 3. The van der Waals surface area contributed by atoms with Crippen LogP contribution >= 0.6 is 0 Å².